The van der Waals surface area contributed by atoms with Crippen LogP contribution in [0.1, 0.15) is 10.4 Å². The SMILES string of the molecule is O=C1NCC(=O)N(CCOCC(F)(F)F)c2ccccc21. The molecule has 0 radical (unpaired) electrons. The Kier molecular flexibility index (Phi) is 4.46. The van der Waals surface area contributed by atoms with Crippen molar-refractivity contribution in [3.05, 3.63) is 29.8 Å². The number of halogens is 3. The van der Waals surface area contributed by atoms with Gasteiger partial charge in [0.25, 0.3) is 5.91 Å². The fourth-order valence-electron chi connectivity index (χ4n) is 1.97. The molecule has 0 aromatic heterocycles. The zero-order valence-electron chi connectivity index (χ0n) is 10.9. The van der Waals surface area contributed by atoms with E-state index in [1.165, 1.54) is 4.90 Å². The van der Waals surface area contributed by atoms with Crippen LogP contribution < -0.4 is 10.2 Å². The van der Waals surface area contributed by atoms with E-state index >= 15 is 0 Å². The molecule has 8 heteroatoms. The summed E-state index contributed by atoms with van der Waals surface area (Å²) >= 11 is 0. The molecule has 5 nitrogen and oxygen atoms in total. The van der Waals surface area contributed by atoms with Crippen molar-refractivity contribution in [1.82, 2.24) is 5.32 Å². The lowest BCUT2D eigenvalue weighted by Gasteiger charge is -2.22. The molecule has 0 spiro atoms. The molecular formula is C13H13F3N2O3. The molecular weight excluding hydrogens is 289 g/mol. The lowest BCUT2D eigenvalue weighted by Crippen LogP contribution is -2.38. The van der Waals surface area contributed by atoms with Gasteiger partial charge in [0.15, 0.2) is 0 Å². The van der Waals surface area contributed by atoms with Crippen LogP contribution in [0, 0.1) is 0 Å². The van der Waals surface area contributed by atoms with Gasteiger partial charge in [-0.1, -0.05) is 12.1 Å². The van der Waals surface area contributed by atoms with Crippen LogP contribution in [0.3, 0.4) is 0 Å². The van der Waals surface area contributed by atoms with E-state index in [0.29, 0.717) is 11.3 Å². The van der Waals surface area contributed by atoms with Crippen molar-refractivity contribution in [1.29, 1.82) is 0 Å². The van der Waals surface area contributed by atoms with E-state index in [2.05, 4.69) is 10.1 Å². The van der Waals surface area contributed by atoms with Crippen molar-refractivity contribution >= 4 is 17.5 Å². The third-order valence-electron chi connectivity index (χ3n) is 2.87. The fourth-order valence-corrected chi connectivity index (χ4v) is 1.97. The maximum atomic E-state index is 12.0. The summed E-state index contributed by atoms with van der Waals surface area (Å²) < 4.78 is 40.5. The van der Waals surface area contributed by atoms with Gasteiger partial charge in [0, 0.05) is 6.54 Å². The Morgan fingerprint density at radius 2 is 1.95 bits per heavy atom. The second-order valence-electron chi connectivity index (χ2n) is 4.41. The van der Waals surface area contributed by atoms with Crippen LogP contribution in [0.5, 0.6) is 0 Å². The summed E-state index contributed by atoms with van der Waals surface area (Å²) in [4.78, 5) is 25.0. The highest BCUT2D eigenvalue weighted by Crippen LogP contribution is 2.22. The van der Waals surface area contributed by atoms with Gasteiger partial charge < -0.3 is 15.0 Å². The zero-order valence-corrected chi connectivity index (χ0v) is 10.9. The third kappa shape index (κ3) is 3.94. The summed E-state index contributed by atoms with van der Waals surface area (Å²) in [5, 5.41) is 2.44. The highest BCUT2D eigenvalue weighted by molar-refractivity contribution is 6.09. The molecule has 1 aliphatic heterocycles. The molecule has 1 N–H and O–H groups in total. The van der Waals surface area contributed by atoms with E-state index in [9.17, 15) is 22.8 Å². The minimum atomic E-state index is -4.40. The molecule has 1 heterocycles. The average molecular weight is 302 g/mol. The van der Waals surface area contributed by atoms with E-state index < -0.39 is 24.6 Å². The molecule has 21 heavy (non-hydrogen) atoms. The topological polar surface area (TPSA) is 58.6 Å². The van der Waals surface area contributed by atoms with Crippen LogP contribution in [0.4, 0.5) is 18.9 Å². The summed E-state index contributed by atoms with van der Waals surface area (Å²) in [5.74, 6) is -0.790. The second kappa shape index (κ2) is 6.13. The van der Waals surface area contributed by atoms with Crippen LogP contribution in [-0.4, -0.2) is 44.3 Å². The van der Waals surface area contributed by atoms with Gasteiger partial charge in [-0.2, -0.15) is 13.2 Å². The number of anilines is 1. The Bertz CT molecular complexity index is 546. The molecule has 0 aliphatic carbocycles. The number of hydrogen-bond acceptors (Lipinski definition) is 3. The van der Waals surface area contributed by atoms with Crippen LogP contribution >= 0.6 is 0 Å². The van der Waals surface area contributed by atoms with Crippen LogP contribution in [0.2, 0.25) is 0 Å². The molecule has 1 aromatic carbocycles. The van der Waals surface area contributed by atoms with Gasteiger partial charge in [0.1, 0.15) is 6.61 Å². The van der Waals surface area contributed by atoms with Crippen LogP contribution in [0.25, 0.3) is 0 Å². The van der Waals surface area contributed by atoms with Gasteiger partial charge in [0.2, 0.25) is 5.91 Å². The Hall–Kier alpha value is -2.09. The van der Waals surface area contributed by atoms with Gasteiger partial charge in [-0.05, 0) is 12.1 Å². The summed E-state index contributed by atoms with van der Waals surface area (Å²) in [6, 6.07) is 6.41. The lowest BCUT2D eigenvalue weighted by atomic mass is 10.1. The first-order valence-corrected chi connectivity index (χ1v) is 6.20. The van der Waals surface area contributed by atoms with Crippen LogP contribution in [-0.2, 0) is 9.53 Å². The quantitative estimate of drug-likeness (QED) is 0.854. The minimum Gasteiger partial charge on any atom is -0.370 e. The zero-order chi connectivity index (χ0) is 15.5. The van der Waals surface area contributed by atoms with Gasteiger partial charge >= 0.3 is 6.18 Å². The van der Waals surface area contributed by atoms with Crippen molar-refractivity contribution in [3.63, 3.8) is 0 Å². The predicted molar refractivity (Wildman–Crippen MR) is 68.0 cm³/mol. The number of fused-ring (bicyclic) bond motifs is 1. The minimum absolute atomic E-state index is 0.0547. The second-order valence-corrected chi connectivity index (χ2v) is 4.41. The molecule has 0 unspecified atom stereocenters. The highest BCUT2D eigenvalue weighted by Gasteiger charge is 2.29. The van der Waals surface area contributed by atoms with Crippen molar-refractivity contribution in [2.75, 3.05) is 31.2 Å². The molecule has 1 aromatic rings. The summed E-state index contributed by atoms with van der Waals surface area (Å²) in [6.45, 7) is -1.89. The normalized spacial score (nSPS) is 15.5. The Balaban J connectivity index is 2.08. The van der Waals surface area contributed by atoms with Gasteiger partial charge in [0.05, 0.1) is 24.4 Å². The van der Waals surface area contributed by atoms with Crippen molar-refractivity contribution in [3.8, 4) is 0 Å². The number of carbonyl (C=O) groups is 2. The number of carbonyl (C=O) groups excluding carboxylic acids is 2. The first-order valence-electron chi connectivity index (χ1n) is 6.20. The summed E-state index contributed by atoms with van der Waals surface area (Å²) in [6.07, 6.45) is -4.40. The number of amides is 2. The molecule has 0 saturated heterocycles. The predicted octanol–water partition coefficient (Wildman–Crippen LogP) is 1.34. The molecule has 0 fully saturated rings. The van der Waals surface area contributed by atoms with Gasteiger partial charge in [-0.25, -0.2) is 0 Å². The lowest BCUT2D eigenvalue weighted by molar-refractivity contribution is -0.173. The molecule has 0 bridgehead atoms. The van der Waals surface area contributed by atoms with Gasteiger partial charge in [-0.15, -0.1) is 0 Å². The number of nitrogens with zero attached hydrogens (tertiary/aromatic N) is 1. The molecule has 0 atom stereocenters. The number of alkyl halides is 3. The number of para-hydroxylation sites is 1. The number of nitrogens with one attached hydrogen (secondary N) is 1. The molecule has 2 amide bonds. The average Bonchev–Trinajstić information content (AvgIpc) is 2.54. The van der Waals surface area contributed by atoms with E-state index in [-0.39, 0.29) is 19.7 Å². The van der Waals surface area contributed by atoms with E-state index in [1.54, 1.807) is 24.3 Å². The van der Waals surface area contributed by atoms with E-state index in [1.807, 2.05) is 0 Å². The molecule has 1 aliphatic rings. The Morgan fingerprint density at radius 1 is 1.24 bits per heavy atom. The number of benzene rings is 1. The number of ether oxygens (including phenoxy) is 1. The Labute approximate surface area is 118 Å². The molecule has 114 valence electrons. The maximum Gasteiger partial charge on any atom is 0.411 e. The highest BCUT2D eigenvalue weighted by atomic mass is 19.4. The monoisotopic (exact) mass is 302 g/mol. The standard InChI is InChI=1S/C13H13F3N2O3/c14-13(15,16)8-21-6-5-18-10-4-2-1-3-9(10)12(20)17-7-11(18)19/h1-4H,5-8H2,(H,17,20). The number of rotatable bonds is 4. The first-order chi connectivity index (χ1) is 9.88. The molecule has 0 saturated carbocycles. The maximum absolute atomic E-state index is 12.0. The van der Waals surface area contributed by atoms with E-state index in [0.717, 1.165) is 0 Å². The smallest absolute Gasteiger partial charge is 0.370 e. The fraction of sp³-hybridized carbons (Fsp3) is 0.385. The van der Waals surface area contributed by atoms with Crippen LogP contribution in [0.15, 0.2) is 24.3 Å². The van der Waals surface area contributed by atoms with Gasteiger partial charge in [-0.3, -0.25) is 9.59 Å². The molecule has 2 rings (SSSR count). The Morgan fingerprint density at radius 3 is 2.67 bits per heavy atom. The first kappa shape index (κ1) is 15.3. The van der Waals surface area contributed by atoms with E-state index in [4.69, 9.17) is 0 Å². The third-order valence-corrected chi connectivity index (χ3v) is 2.87. The summed E-state index contributed by atoms with van der Waals surface area (Å²) in [5.41, 5.74) is 0.673. The van der Waals surface area contributed by atoms with Crippen molar-refractivity contribution in [2.45, 2.75) is 6.18 Å². The largest absolute Gasteiger partial charge is 0.411 e. The van der Waals surface area contributed by atoms with Crippen molar-refractivity contribution < 1.29 is 27.5 Å². The number of hydrogen-bond donors (Lipinski definition) is 1. The van der Waals surface area contributed by atoms with Crippen molar-refractivity contribution in [2.24, 2.45) is 0 Å². The summed E-state index contributed by atoms with van der Waals surface area (Å²) in [7, 11) is 0.